The number of ether oxygens (including phenoxy) is 1. The molecule has 7 heteroatoms. The summed E-state index contributed by atoms with van der Waals surface area (Å²) in [6.07, 6.45) is 0. The molecular formula is C19H24N2O4S. The minimum absolute atomic E-state index is 0.0970. The van der Waals surface area contributed by atoms with E-state index in [1.54, 1.807) is 48.5 Å². The van der Waals surface area contributed by atoms with Gasteiger partial charge in [0.25, 0.3) is 5.91 Å². The SMILES string of the molecule is CCNC(=O)c1ccc(OCC)c(CN(C)S(=O)(=O)c2ccccc2)c1. The average Bonchev–Trinajstić information content (AvgIpc) is 2.64. The van der Waals surface area contributed by atoms with E-state index in [1.165, 1.54) is 11.4 Å². The lowest BCUT2D eigenvalue weighted by Gasteiger charge is -2.20. The first kappa shape index (κ1) is 19.9. The smallest absolute Gasteiger partial charge is 0.251 e. The van der Waals surface area contributed by atoms with Gasteiger partial charge < -0.3 is 10.1 Å². The highest BCUT2D eigenvalue weighted by molar-refractivity contribution is 7.89. The molecular weight excluding hydrogens is 352 g/mol. The van der Waals surface area contributed by atoms with E-state index in [9.17, 15) is 13.2 Å². The maximum Gasteiger partial charge on any atom is 0.251 e. The van der Waals surface area contributed by atoms with Crippen LogP contribution in [0.1, 0.15) is 29.8 Å². The van der Waals surface area contributed by atoms with Gasteiger partial charge in [-0.2, -0.15) is 4.31 Å². The Hall–Kier alpha value is -2.38. The lowest BCUT2D eigenvalue weighted by Crippen LogP contribution is -2.27. The number of sulfonamides is 1. The van der Waals surface area contributed by atoms with Gasteiger partial charge in [-0.25, -0.2) is 8.42 Å². The Balaban J connectivity index is 2.33. The van der Waals surface area contributed by atoms with Crippen molar-refractivity contribution in [1.29, 1.82) is 0 Å². The van der Waals surface area contributed by atoms with Crippen LogP contribution in [0, 0.1) is 0 Å². The fraction of sp³-hybridized carbons (Fsp3) is 0.316. The van der Waals surface area contributed by atoms with Crippen molar-refractivity contribution in [2.75, 3.05) is 20.2 Å². The van der Waals surface area contributed by atoms with Crippen molar-refractivity contribution in [2.24, 2.45) is 0 Å². The molecule has 0 saturated carbocycles. The van der Waals surface area contributed by atoms with Crippen molar-refractivity contribution in [1.82, 2.24) is 9.62 Å². The number of hydrogen-bond acceptors (Lipinski definition) is 4. The van der Waals surface area contributed by atoms with E-state index in [4.69, 9.17) is 4.74 Å². The fourth-order valence-electron chi connectivity index (χ4n) is 2.50. The molecule has 0 bridgehead atoms. The van der Waals surface area contributed by atoms with Crippen LogP contribution in [0.15, 0.2) is 53.4 Å². The molecule has 0 unspecified atom stereocenters. The van der Waals surface area contributed by atoms with Crippen molar-refractivity contribution < 1.29 is 17.9 Å². The van der Waals surface area contributed by atoms with Crippen molar-refractivity contribution in [3.8, 4) is 5.75 Å². The highest BCUT2D eigenvalue weighted by Gasteiger charge is 2.22. The second kappa shape index (κ2) is 8.82. The van der Waals surface area contributed by atoms with Crippen molar-refractivity contribution >= 4 is 15.9 Å². The minimum Gasteiger partial charge on any atom is -0.494 e. The van der Waals surface area contributed by atoms with Crippen LogP contribution in [0.5, 0.6) is 5.75 Å². The van der Waals surface area contributed by atoms with Gasteiger partial charge in [0.1, 0.15) is 5.75 Å². The molecule has 0 saturated heterocycles. The van der Waals surface area contributed by atoms with Crippen LogP contribution >= 0.6 is 0 Å². The molecule has 26 heavy (non-hydrogen) atoms. The zero-order chi connectivity index (χ0) is 19.2. The van der Waals surface area contributed by atoms with E-state index < -0.39 is 10.0 Å². The van der Waals surface area contributed by atoms with Gasteiger partial charge in [-0.1, -0.05) is 18.2 Å². The molecule has 1 amide bonds. The van der Waals surface area contributed by atoms with Crippen LogP contribution < -0.4 is 10.1 Å². The Morgan fingerprint density at radius 2 is 1.81 bits per heavy atom. The highest BCUT2D eigenvalue weighted by Crippen LogP contribution is 2.24. The summed E-state index contributed by atoms with van der Waals surface area (Å²) in [7, 11) is -2.12. The number of hydrogen-bond donors (Lipinski definition) is 1. The summed E-state index contributed by atoms with van der Waals surface area (Å²) < 4.78 is 32.3. The van der Waals surface area contributed by atoms with Crippen LogP contribution in [-0.2, 0) is 16.6 Å². The largest absolute Gasteiger partial charge is 0.494 e. The summed E-state index contributed by atoms with van der Waals surface area (Å²) in [6.45, 7) is 4.76. The Kier molecular flexibility index (Phi) is 6.76. The Morgan fingerprint density at radius 1 is 1.12 bits per heavy atom. The Morgan fingerprint density at radius 3 is 2.42 bits per heavy atom. The van der Waals surface area contributed by atoms with Gasteiger partial charge in [-0.15, -0.1) is 0 Å². The molecule has 2 aromatic rings. The molecule has 0 fully saturated rings. The second-order valence-electron chi connectivity index (χ2n) is 5.69. The molecule has 0 spiro atoms. The predicted molar refractivity (Wildman–Crippen MR) is 101 cm³/mol. The molecule has 0 radical (unpaired) electrons. The van der Waals surface area contributed by atoms with Crippen LogP contribution in [-0.4, -0.2) is 38.8 Å². The molecule has 0 aromatic heterocycles. The van der Waals surface area contributed by atoms with Gasteiger partial charge in [0.2, 0.25) is 10.0 Å². The summed E-state index contributed by atoms with van der Waals surface area (Å²) in [5, 5.41) is 2.74. The number of rotatable bonds is 8. The quantitative estimate of drug-likeness (QED) is 0.768. The molecule has 6 nitrogen and oxygen atoms in total. The summed E-state index contributed by atoms with van der Waals surface area (Å²) in [5.74, 6) is 0.362. The molecule has 0 aliphatic rings. The molecule has 0 aliphatic carbocycles. The van der Waals surface area contributed by atoms with Crippen LogP contribution in [0.2, 0.25) is 0 Å². The lowest BCUT2D eigenvalue weighted by molar-refractivity contribution is 0.0955. The van der Waals surface area contributed by atoms with Crippen molar-refractivity contribution in [3.05, 3.63) is 59.7 Å². The predicted octanol–water partition coefficient (Wildman–Crippen LogP) is 2.66. The van der Waals surface area contributed by atoms with E-state index in [-0.39, 0.29) is 17.3 Å². The summed E-state index contributed by atoms with van der Waals surface area (Å²) >= 11 is 0. The number of carbonyl (C=O) groups is 1. The third kappa shape index (κ3) is 4.62. The molecule has 1 N–H and O–H groups in total. The molecule has 2 aromatic carbocycles. The fourth-order valence-corrected chi connectivity index (χ4v) is 3.67. The Bertz CT molecular complexity index is 851. The number of nitrogens with zero attached hydrogens (tertiary/aromatic N) is 1. The van der Waals surface area contributed by atoms with Crippen LogP contribution in [0.25, 0.3) is 0 Å². The van der Waals surface area contributed by atoms with Gasteiger partial charge in [0, 0.05) is 31.3 Å². The molecule has 2 rings (SSSR count). The maximum absolute atomic E-state index is 12.7. The number of carbonyl (C=O) groups excluding carboxylic acids is 1. The Labute approximate surface area is 154 Å². The van der Waals surface area contributed by atoms with Crippen LogP contribution in [0.4, 0.5) is 0 Å². The first-order chi connectivity index (χ1) is 12.4. The zero-order valence-electron chi connectivity index (χ0n) is 15.2. The minimum atomic E-state index is -3.63. The molecule has 0 atom stereocenters. The van der Waals surface area contributed by atoms with E-state index in [1.807, 2.05) is 13.8 Å². The standard InChI is InChI=1S/C19H24N2O4S/c1-4-20-19(22)15-11-12-18(25-5-2)16(13-15)14-21(3)26(23,24)17-9-7-6-8-10-17/h6-13H,4-5,14H2,1-3H3,(H,20,22). The van der Waals surface area contributed by atoms with Gasteiger partial charge in [0.05, 0.1) is 11.5 Å². The van der Waals surface area contributed by atoms with Gasteiger partial charge in [0.15, 0.2) is 0 Å². The summed E-state index contributed by atoms with van der Waals surface area (Å²) in [6, 6.07) is 13.3. The topological polar surface area (TPSA) is 75.7 Å². The number of benzene rings is 2. The molecule has 0 aliphatic heterocycles. The average molecular weight is 376 g/mol. The van der Waals surface area contributed by atoms with E-state index in [0.29, 0.717) is 30.0 Å². The van der Waals surface area contributed by atoms with Crippen molar-refractivity contribution in [3.63, 3.8) is 0 Å². The number of nitrogens with one attached hydrogen (secondary N) is 1. The molecule has 0 heterocycles. The lowest BCUT2D eigenvalue weighted by atomic mass is 10.1. The normalized spacial score (nSPS) is 11.4. The second-order valence-corrected chi connectivity index (χ2v) is 7.73. The third-order valence-corrected chi connectivity index (χ3v) is 5.62. The van der Waals surface area contributed by atoms with Gasteiger partial charge in [-0.3, -0.25) is 4.79 Å². The molecule has 140 valence electrons. The summed E-state index contributed by atoms with van der Waals surface area (Å²) in [5.41, 5.74) is 1.11. The van der Waals surface area contributed by atoms with Gasteiger partial charge in [-0.05, 0) is 44.2 Å². The van der Waals surface area contributed by atoms with Crippen molar-refractivity contribution in [2.45, 2.75) is 25.3 Å². The van der Waals surface area contributed by atoms with Gasteiger partial charge >= 0.3 is 0 Å². The first-order valence-electron chi connectivity index (χ1n) is 8.45. The number of amides is 1. The zero-order valence-corrected chi connectivity index (χ0v) is 16.0. The third-order valence-electron chi connectivity index (χ3n) is 3.80. The van der Waals surface area contributed by atoms with E-state index in [2.05, 4.69) is 5.32 Å². The highest BCUT2D eigenvalue weighted by atomic mass is 32.2. The monoisotopic (exact) mass is 376 g/mol. The summed E-state index contributed by atoms with van der Waals surface area (Å²) in [4.78, 5) is 12.3. The van der Waals surface area contributed by atoms with E-state index in [0.717, 1.165) is 0 Å². The maximum atomic E-state index is 12.7. The van der Waals surface area contributed by atoms with Crippen LogP contribution in [0.3, 0.4) is 0 Å². The van der Waals surface area contributed by atoms with E-state index >= 15 is 0 Å². The first-order valence-corrected chi connectivity index (χ1v) is 9.89.